The number of carbonyl (C=O) groups excluding carboxylic acids is 1. The van der Waals surface area contributed by atoms with E-state index in [9.17, 15) is 14.7 Å². The first-order valence-corrected chi connectivity index (χ1v) is 11.4. The summed E-state index contributed by atoms with van der Waals surface area (Å²) in [4.78, 5) is 28.0. The number of aromatic nitrogens is 1. The van der Waals surface area contributed by atoms with Gasteiger partial charge in [0.05, 0.1) is 12.8 Å². The molecule has 0 fully saturated rings. The summed E-state index contributed by atoms with van der Waals surface area (Å²) in [7, 11) is 0. The fraction of sp³-hybridized carbons (Fsp3) is 0.179. The number of rotatable bonds is 10. The molecule has 1 heterocycles. The lowest BCUT2D eigenvalue weighted by Gasteiger charge is -2.14. The van der Waals surface area contributed by atoms with Crippen LogP contribution in [-0.2, 0) is 27.3 Å². The van der Waals surface area contributed by atoms with Crippen LogP contribution in [0.5, 0.6) is 0 Å². The van der Waals surface area contributed by atoms with E-state index in [0.717, 1.165) is 16.7 Å². The minimum Gasteiger partial charge on any atom is -0.479 e. The van der Waals surface area contributed by atoms with Crippen LogP contribution in [0.1, 0.15) is 29.7 Å². The van der Waals surface area contributed by atoms with E-state index in [4.69, 9.17) is 13.9 Å². The molecule has 2 N–H and O–H groups in total. The molecule has 3 aromatic carbocycles. The minimum absolute atomic E-state index is 0.147. The Morgan fingerprint density at radius 3 is 2.28 bits per heavy atom. The third-order valence-electron chi connectivity index (χ3n) is 5.48. The van der Waals surface area contributed by atoms with Gasteiger partial charge in [0, 0.05) is 12.0 Å². The van der Waals surface area contributed by atoms with Gasteiger partial charge in [0.15, 0.2) is 6.10 Å². The van der Waals surface area contributed by atoms with Crippen molar-refractivity contribution in [3.8, 4) is 11.5 Å². The van der Waals surface area contributed by atoms with Crippen LogP contribution in [0.4, 0.5) is 10.7 Å². The number of aliphatic carboxylic acids is 1. The Labute approximate surface area is 208 Å². The monoisotopic (exact) mass is 486 g/mol. The number of carboxylic acid groups (broad SMARTS) is 1. The Hall–Kier alpha value is -4.43. The third kappa shape index (κ3) is 6.80. The van der Waals surface area contributed by atoms with Crippen molar-refractivity contribution in [1.82, 2.24) is 4.98 Å². The molecule has 1 amide bonds. The number of nitrogens with zero attached hydrogens (tertiary/aromatic N) is 1. The molecule has 0 aliphatic heterocycles. The van der Waals surface area contributed by atoms with Crippen LogP contribution in [0.3, 0.4) is 0 Å². The van der Waals surface area contributed by atoms with Crippen molar-refractivity contribution in [3.05, 3.63) is 108 Å². The summed E-state index contributed by atoms with van der Waals surface area (Å²) in [5.41, 5.74) is 3.27. The number of oxazole rings is 1. The lowest BCUT2D eigenvalue weighted by molar-refractivity contribution is -0.151. The topological polar surface area (TPSA) is 111 Å². The zero-order valence-electron chi connectivity index (χ0n) is 19.7. The second kappa shape index (κ2) is 11.8. The minimum atomic E-state index is -1.01. The molecule has 0 aliphatic rings. The predicted molar refractivity (Wildman–Crippen MR) is 133 cm³/mol. The molecule has 36 heavy (non-hydrogen) atoms. The highest BCUT2D eigenvalue weighted by molar-refractivity contribution is 5.83. The Bertz CT molecular complexity index is 1270. The molecule has 0 radical (unpaired) electrons. The van der Waals surface area contributed by atoms with Crippen molar-refractivity contribution < 1.29 is 28.6 Å². The van der Waals surface area contributed by atoms with Crippen LogP contribution in [0.2, 0.25) is 0 Å². The van der Waals surface area contributed by atoms with E-state index in [0.29, 0.717) is 11.5 Å². The highest BCUT2D eigenvalue weighted by Crippen LogP contribution is 2.23. The number of carboxylic acids is 1. The van der Waals surface area contributed by atoms with Crippen molar-refractivity contribution in [3.63, 3.8) is 0 Å². The van der Waals surface area contributed by atoms with Crippen LogP contribution in [0.15, 0.2) is 95.5 Å². The summed E-state index contributed by atoms with van der Waals surface area (Å²) in [5.74, 6) is -0.527. The summed E-state index contributed by atoms with van der Waals surface area (Å²) < 4.78 is 16.7. The number of hydrogen-bond acceptors (Lipinski definition) is 6. The van der Waals surface area contributed by atoms with Crippen LogP contribution in [0.25, 0.3) is 11.5 Å². The lowest BCUT2D eigenvalue weighted by atomic mass is 10.1. The van der Waals surface area contributed by atoms with Crippen molar-refractivity contribution in [2.45, 2.75) is 32.2 Å². The molecule has 4 aromatic rings. The van der Waals surface area contributed by atoms with E-state index < -0.39 is 24.3 Å². The van der Waals surface area contributed by atoms with Gasteiger partial charge in [-0.3, -0.25) is 5.32 Å². The fourth-order valence-corrected chi connectivity index (χ4v) is 3.53. The summed E-state index contributed by atoms with van der Waals surface area (Å²) in [6.45, 7) is 1.93. The molecule has 184 valence electrons. The Kier molecular flexibility index (Phi) is 8.10. The van der Waals surface area contributed by atoms with Gasteiger partial charge in [0.2, 0.25) is 11.8 Å². The standard InChI is InChI=1S/C28H26N2O6/c1-19(22-10-6-3-7-11-22)35-28(33)30-25-17-29-26(36-25)23-14-12-21(13-15-23)18-34-24(27(31)32)16-20-8-4-2-5-9-20/h2-15,17,19,24H,16,18H2,1H3,(H,30,33)(H,31,32). The zero-order valence-corrected chi connectivity index (χ0v) is 19.7. The molecule has 4 rings (SSSR count). The summed E-state index contributed by atoms with van der Waals surface area (Å²) in [6.07, 6.45) is -0.326. The maximum absolute atomic E-state index is 12.2. The van der Waals surface area contributed by atoms with Crippen molar-refractivity contribution in [1.29, 1.82) is 0 Å². The molecular weight excluding hydrogens is 460 g/mol. The second-order valence-corrected chi connectivity index (χ2v) is 8.14. The van der Waals surface area contributed by atoms with Gasteiger partial charge in [-0.1, -0.05) is 72.8 Å². The summed E-state index contributed by atoms with van der Waals surface area (Å²) in [6, 6.07) is 26.0. The van der Waals surface area contributed by atoms with Gasteiger partial charge < -0.3 is 19.0 Å². The van der Waals surface area contributed by atoms with Crippen molar-refractivity contribution in [2.75, 3.05) is 5.32 Å². The molecule has 1 aromatic heterocycles. The molecule has 0 aliphatic carbocycles. The first kappa shape index (κ1) is 24.7. The van der Waals surface area contributed by atoms with Crippen LogP contribution >= 0.6 is 0 Å². The normalized spacial score (nSPS) is 12.5. The van der Waals surface area contributed by atoms with E-state index in [1.165, 1.54) is 6.20 Å². The van der Waals surface area contributed by atoms with Gasteiger partial charge in [0.25, 0.3) is 0 Å². The number of amides is 1. The average molecular weight is 487 g/mol. The number of carbonyl (C=O) groups is 2. The molecule has 8 heteroatoms. The van der Waals surface area contributed by atoms with Crippen LogP contribution in [-0.4, -0.2) is 28.3 Å². The quantitative estimate of drug-likeness (QED) is 0.289. The molecule has 0 spiro atoms. The largest absolute Gasteiger partial charge is 0.479 e. The van der Waals surface area contributed by atoms with E-state index in [-0.39, 0.29) is 18.9 Å². The van der Waals surface area contributed by atoms with Crippen molar-refractivity contribution in [2.24, 2.45) is 0 Å². The summed E-state index contributed by atoms with van der Waals surface area (Å²) >= 11 is 0. The van der Waals surface area contributed by atoms with Crippen LogP contribution < -0.4 is 5.32 Å². The van der Waals surface area contributed by atoms with Gasteiger partial charge in [-0.05, 0) is 35.7 Å². The van der Waals surface area contributed by atoms with Gasteiger partial charge in [-0.15, -0.1) is 0 Å². The number of nitrogens with one attached hydrogen (secondary N) is 1. The molecule has 0 bridgehead atoms. The van der Waals surface area contributed by atoms with Gasteiger partial charge >= 0.3 is 12.1 Å². The molecule has 8 nitrogen and oxygen atoms in total. The van der Waals surface area contributed by atoms with Gasteiger partial charge in [-0.25, -0.2) is 14.6 Å². The van der Waals surface area contributed by atoms with Gasteiger partial charge in [0.1, 0.15) is 6.10 Å². The highest BCUT2D eigenvalue weighted by atomic mass is 16.6. The fourth-order valence-electron chi connectivity index (χ4n) is 3.53. The maximum Gasteiger partial charge on any atom is 0.414 e. The predicted octanol–water partition coefficient (Wildman–Crippen LogP) is 5.86. The number of ether oxygens (including phenoxy) is 2. The molecule has 0 saturated carbocycles. The zero-order chi connectivity index (χ0) is 25.3. The Morgan fingerprint density at radius 2 is 1.61 bits per heavy atom. The first-order chi connectivity index (χ1) is 17.5. The lowest BCUT2D eigenvalue weighted by Crippen LogP contribution is -2.26. The first-order valence-electron chi connectivity index (χ1n) is 11.4. The van der Waals surface area contributed by atoms with E-state index in [1.807, 2.05) is 72.8 Å². The van der Waals surface area contributed by atoms with Crippen molar-refractivity contribution >= 4 is 17.9 Å². The maximum atomic E-state index is 12.2. The van der Waals surface area contributed by atoms with E-state index >= 15 is 0 Å². The number of hydrogen-bond donors (Lipinski definition) is 2. The number of benzene rings is 3. The van der Waals surface area contributed by atoms with E-state index in [2.05, 4.69) is 10.3 Å². The average Bonchev–Trinajstić information content (AvgIpc) is 3.36. The summed E-state index contributed by atoms with van der Waals surface area (Å²) in [5, 5.41) is 12.0. The smallest absolute Gasteiger partial charge is 0.414 e. The third-order valence-corrected chi connectivity index (χ3v) is 5.48. The number of anilines is 1. The van der Waals surface area contributed by atoms with Gasteiger partial charge in [-0.2, -0.15) is 0 Å². The molecule has 2 atom stereocenters. The molecular formula is C28H26N2O6. The Balaban J connectivity index is 1.30. The second-order valence-electron chi connectivity index (χ2n) is 8.14. The highest BCUT2D eigenvalue weighted by Gasteiger charge is 2.19. The Morgan fingerprint density at radius 1 is 0.944 bits per heavy atom. The SMILES string of the molecule is CC(OC(=O)Nc1cnc(-c2ccc(COC(Cc3ccccc3)C(=O)O)cc2)o1)c1ccccc1. The van der Waals surface area contributed by atoms with E-state index in [1.54, 1.807) is 19.1 Å². The molecule has 2 unspecified atom stereocenters. The molecule has 0 saturated heterocycles. The van der Waals surface area contributed by atoms with Crippen LogP contribution in [0, 0.1) is 0 Å².